The topological polar surface area (TPSA) is 35.9 Å². The smallest absolute Gasteiger partial charge is 0.124 e. The first-order valence-corrected chi connectivity index (χ1v) is 7.27. The summed E-state index contributed by atoms with van der Waals surface area (Å²) in [5.41, 5.74) is 0.967. The zero-order chi connectivity index (χ0) is 14.9. The van der Waals surface area contributed by atoms with Gasteiger partial charge in [-0.25, -0.2) is 0 Å². The number of phenols is 1. The lowest BCUT2D eigenvalue weighted by Crippen LogP contribution is -2.55. The zero-order valence-electron chi connectivity index (χ0n) is 13.1. The van der Waals surface area contributed by atoms with Crippen molar-refractivity contribution in [3.63, 3.8) is 0 Å². The molecule has 0 aromatic heterocycles. The number of phenolic OH excluding ortho intramolecular Hbond substituents is 1. The van der Waals surface area contributed by atoms with Gasteiger partial charge in [0, 0.05) is 42.8 Å². The number of hydrogen-bond donors (Lipinski definition) is 1. The van der Waals surface area contributed by atoms with Gasteiger partial charge in [-0.15, -0.1) is 0 Å². The van der Waals surface area contributed by atoms with E-state index >= 15 is 0 Å². The van der Waals surface area contributed by atoms with Crippen LogP contribution in [0.1, 0.15) is 32.4 Å². The molecule has 1 N–H and O–H groups in total. The minimum atomic E-state index is 0.208. The highest BCUT2D eigenvalue weighted by molar-refractivity contribution is 5.41. The Bertz CT molecular complexity index is 452. The first-order chi connectivity index (χ1) is 9.43. The maximum Gasteiger partial charge on any atom is 0.124 e. The summed E-state index contributed by atoms with van der Waals surface area (Å²) in [4.78, 5) is 4.86. The van der Waals surface area contributed by atoms with Gasteiger partial charge < -0.3 is 9.84 Å². The van der Waals surface area contributed by atoms with Crippen molar-refractivity contribution in [1.29, 1.82) is 0 Å². The van der Waals surface area contributed by atoms with Gasteiger partial charge in [-0.2, -0.15) is 0 Å². The van der Waals surface area contributed by atoms with E-state index in [-0.39, 0.29) is 6.04 Å². The van der Waals surface area contributed by atoms with E-state index in [2.05, 4.69) is 37.6 Å². The van der Waals surface area contributed by atoms with Gasteiger partial charge in [0.25, 0.3) is 0 Å². The van der Waals surface area contributed by atoms with Crippen LogP contribution in [0.4, 0.5) is 0 Å². The van der Waals surface area contributed by atoms with Crippen LogP contribution in [0.2, 0.25) is 0 Å². The molecule has 1 saturated heterocycles. The number of aromatic hydroxyl groups is 1. The molecule has 0 radical (unpaired) electrons. The van der Waals surface area contributed by atoms with E-state index in [1.807, 2.05) is 12.1 Å². The molecule has 20 heavy (non-hydrogen) atoms. The standard InChI is InChI=1S/C16H26N2O2/c1-11-9-18(10-12(2)17(11)4)13(3)15-7-6-14(20-5)8-16(15)19/h6-8,11-13,19H,9-10H2,1-5H3. The molecule has 0 amide bonds. The van der Waals surface area contributed by atoms with Gasteiger partial charge in [0.1, 0.15) is 11.5 Å². The minimum Gasteiger partial charge on any atom is -0.507 e. The van der Waals surface area contributed by atoms with E-state index in [9.17, 15) is 5.11 Å². The Labute approximate surface area is 122 Å². The molecule has 0 saturated carbocycles. The van der Waals surface area contributed by atoms with E-state index in [1.54, 1.807) is 13.2 Å². The molecule has 1 aromatic carbocycles. The van der Waals surface area contributed by atoms with E-state index in [0.29, 0.717) is 23.6 Å². The predicted octanol–water partition coefficient (Wildman–Crippen LogP) is 2.49. The van der Waals surface area contributed by atoms with Gasteiger partial charge in [0.2, 0.25) is 0 Å². The summed E-state index contributed by atoms with van der Waals surface area (Å²) >= 11 is 0. The quantitative estimate of drug-likeness (QED) is 0.921. The maximum atomic E-state index is 10.2. The predicted molar refractivity (Wildman–Crippen MR) is 81.3 cm³/mol. The van der Waals surface area contributed by atoms with Crippen LogP contribution < -0.4 is 4.74 Å². The summed E-state index contributed by atoms with van der Waals surface area (Å²) in [6.07, 6.45) is 0. The van der Waals surface area contributed by atoms with Crippen molar-refractivity contribution in [3.8, 4) is 11.5 Å². The van der Waals surface area contributed by atoms with Crippen LogP contribution in [0.25, 0.3) is 0 Å². The van der Waals surface area contributed by atoms with Crippen LogP contribution in [-0.2, 0) is 0 Å². The average Bonchev–Trinajstić information content (AvgIpc) is 2.43. The summed E-state index contributed by atoms with van der Waals surface area (Å²) in [5, 5.41) is 10.2. The molecule has 1 fully saturated rings. The van der Waals surface area contributed by atoms with E-state index in [1.165, 1.54) is 0 Å². The van der Waals surface area contributed by atoms with E-state index in [4.69, 9.17) is 4.74 Å². The number of methoxy groups -OCH3 is 1. The van der Waals surface area contributed by atoms with Crippen molar-refractivity contribution in [3.05, 3.63) is 23.8 Å². The SMILES string of the molecule is COc1ccc(C(C)N2CC(C)N(C)C(C)C2)c(O)c1. The van der Waals surface area contributed by atoms with Gasteiger partial charge in [0.05, 0.1) is 7.11 Å². The van der Waals surface area contributed by atoms with E-state index in [0.717, 1.165) is 18.7 Å². The average molecular weight is 278 g/mol. The Hall–Kier alpha value is -1.26. The molecule has 4 nitrogen and oxygen atoms in total. The third-order valence-corrected chi connectivity index (χ3v) is 4.62. The minimum absolute atomic E-state index is 0.208. The fraction of sp³-hybridized carbons (Fsp3) is 0.625. The molecule has 2 rings (SSSR count). The Morgan fingerprint density at radius 3 is 2.35 bits per heavy atom. The molecule has 1 heterocycles. The summed E-state index contributed by atoms with van der Waals surface area (Å²) in [6, 6.07) is 6.83. The number of likely N-dealkylation sites (N-methyl/N-ethyl adjacent to an activating group) is 1. The lowest BCUT2D eigenvalue weighted by Gasteiger charge is -2.45. The molecule has 1 aliphatic heterocycles. The van der Waals surface area contributed by atoms with Crippen molar-refractivity contribution in [2.24, 2.45) is 0 Å². The number of nitrogens with zero attached hydrogens (tertiary/aromatic N) is 2. The number of ether oxygens (including phenoxy) is 1. The van der Waals surface area contributed by atoms with Gasteiger partial charge in [-0.05, 0) is 33.9 Å². The van der Waals surface area contributed by atoms with Crippen molar-refractivity contribution >= 4 is 0 Å². The monoisotopic (exact) mass is 278 g/mol. The van der Waals surface area contributed by atoms with Crippen LogP contribution in [0.5, 0.6) is 11.5 Å². The molecule has 3 atom stereocenters. The number of hydrogen-bond acceptors (Lipinski definition) is 4. The Balaban J connectivity index is 2.17. The maximum absolute atomic E-state index is 10.2. The molecule has 0 bridgehead atoms. The third-order valence-electron chi connectivity index (χ3n) is 4.62. The molecule has 1 aliphatic rings. The molecule has 0 spiro atoms. The second kappa shape index (κ2) is 6.02. The van der Waals surface area contributed by atoms with Crippen molar-refractivity contribution in [1.82, 2.24) is 9.80 Å². The zero-order valence-corrected chi connectivity index (χ0v) is 13.1. The van der Waals surface area contributed by atoms with Gasteiger partial charge in [0.15, 0.2) is 0 Å². The molecular formula is C16H26N2O2. The van der Waals surface area contributed by atoms with Crippen LogP contribution in [-0.4, -0.2) is 54.2 Å². The first-order valence-electron chi connectivity index (χ1n) is 7.27. The van der Waals surface area contributed by atoms with Crippen LogP contribution in [0.3, 0.4) is 0 Å². The number of rotatable bonds is 3. The summed E-state index contributed by atoms with van der Waals surface area (Å²) in [6.45, 7) is 8.71. The fourth-order valence-electron chi connectivity index (χ4n) is 2.96. The molecule has 3 unspecified atom stereocenters. The second-order valence-electron chi connectivity index (χ2n) is 5.92. The number of benzene rings is 1. The highest BCUT2D eigenvalue weighted by Crippen LogP contribution is 2.33. The lowest BCUT2D eigenvalue weighted by atomic mass is 10.0. The number of piperazine rings is 1. The Morgan fingerprint density at radius 2 is 1.85 bits per heavy atom. The summed E-state index contributed by atoms with van der Waals surface area (Å²) < 4.78 is 5.14. The fourth-order valence-corrected chi connectivity index (χ4v) is 2.96. The third kappa shape index (κ3) is 2.91. The molecule has 0 aliphatic carbocycles. The van der Waals surface area contributed by atoms with E-state index < -0.39 is 0 Å². The van der Waals surface area contributed by atoms with Crippen molar-refractivity contribution in [2.75, 3.05) is 27.2 Å². The molecular weight excluding hydrogens is 252 g/mol. The lowest BCUT2D eigenvalue weighted by molar-refractivity contribution is 0.0371. The van der Waals surface area contributed by atoms with Crippen molar-refractivity contribution in [2.45, 2.75) is 38.9 Å². The highest BCUT2D eigenvalue weighted by Gasteiger charge is 2.30. The molecule has 112 valence electrons. The van der Waals surface area contributed by atoms with Crippen LogP contribution in [0.15, 0.2) is 18.2 Å². The normalized spacial score (nSPS) is 26.4. The molecule has 1 aromatic rings. The van der Waals surface area contributed by atoms with Crippen molar-refractivity contribution < 1.29 is 9.84 Å². The summed E-state index contributed by atoms with van der Waals surface area (Å²) in [7, 11) is 3.80. The van der Waals surface area contributed by atoms with Gasteiger partial charge in [-0.3, -0.25) is 9.80 Å². The Morgan fingerprint density at radius 1 is 1.25 bits per heavy atom. The van der Waals surface area contributed by atoms with Gasteiger partial charge >= 0.3 is 0 Å². The summed E-state index contributed by atoms with van der Waals surface area (Å²) in [5.74, 6) is 1.01. The van der Waals surface area contributed by atoms with Gasteiger partial charge in [-0.1, -0.05) is 6.07 Å². The second-order valence-corrected chi connectivity index (χ2v) is 5.92. The Kier molecular flexibility index (Phi) is 4.55. The molecule has 4 heteroatoms. The van der Waals surface area contributed by atoms with Crippen LogP contribution >= 0.6 is 0 Å². The highest BCUT2D eigenvalue weighted by atomic mass is 16.5. The van der Waals surface area contributed by atoms with Crippen LogP contribution in [0, 0.1) is 0 Å². The first kappa shape index (κ1) is 15.1. The largest absolute Gasteiger partial charge is 0.507 e.